The van der Waals surface area contributed by atoms with E-state index < -0.39 is 0 Å². The summed E-state index contributed by atoms with van der Waals surface area (Å²) < 4.78 is 0. The number of hydrogen-bond donors (Lipinski definition) is 1. The normalized spacial score (nSPS) is 12.8. The summed E-state index contributed by atoms with van der Waals surface area (Å²) in [6, 6.07) is 0.313. The second-order valence-electron chi connectivity index (χ2n) is 5.14. The Kier molecular flexibility index (Phi) is 9.14. The minimum Gasteiger partial charge on any atom is -0.340 e. The first kappa shape index (κ1) is 16.4. The minimum absolute atomic E-state index is 0.0277. The number of hydrogen-bond acceptors (Lipinski definition) is 2. The molecule has 0 aliphatic carbocycles. The first-order valence-electron chi connectivity index (χ1n) is 7.07. The van der Waals surface area contributed by atoms with Gasteiger partial charge >= 0.3 is 0 Å². The van der Waals surface area contributed by atoms with Crippen LogP contribution in [0, 0.1) is 0 Å². The predicted octanol–water partition coefficient (Wildman–Crippen LogP) is 2.93. The van der Waals surface area contributed by atoms with Gasteiger partial charge in [-0.1, -0.05) is 33.1 Å². The van der Waals surface area contributed by atoms with Crippen molar-refractivity contribution in [2.24, 2.45) is 5.73 Å². The zero-order chi connectivity index (χ0) is 13.3. The van der Waals surface area contributed by atoms with Gasteiger partial charge in [-0.3, -0.25) is 4.79 Å². The highest BCUT2D eigenvalue weighted by Crippen LogP contribution is 2.08. The Labute approximate surface area is 107 Å². The number of nitrogens with two attached hydrogens (primary N) is 1. The Morgan fingerprint density at radius 3 is 2.29 bits per heavy atom. The van der Waals surface area contributed by atoms with Crippen molar-refractivity contribution in [1.82, 2.24) is 4.90 Å². The molecule has 1 amide bonds. The van der Waals surface area contributed by atoms with Crippen molar-refractivity contribution < 1.29 is 4.79 Å². The lowest BCUT2D eigenvalue weighted by atomic mass is 10.1. The van der Waals surface area contributed by atoms with Crippen LogP contribution >= 0.6 is 0 Å². The molecule has 2 N–H and O–H groups in total. The highest BCUT2D eigenvalue weighted by atomic mass is 16.2. The zero-order valence-corrected chi connectivity index (χ0v) is 12.0. The lowest BCUT2D eigenvalue weighted by Crippen LogP contribution is -2.40. The van der Waals surface area contributed by atoms with Crippen molar-refractivity contribution in [2.45, 2.75) is 78.3 Å². The van der Waals surface area contributed by atoms with Gasteiger partial charge in [-0.2, -0.15) is 0 Å². The molecule has 0 saturated carbocycles. The van der Waals surface area contributed by atoms with E-state index in [0.29, 0.717) is 6.42 Å². The van der Waals surface area contributed by atoms with Gasteiger partial charge in [0, 0.05) is 25.0 Å². The fourth-order valence-corrected chi connectivity index (χ4v) is 2.02. The molecule has 3 heteroatoms. The standard InChI is InChI=1S/C14H30N2O/c1-5-7-8-10-16(12(3)4)14(17)11-13(15)9-6-2/h12-13H,5-11,15H2,1-4H3. The van der Waals surface area contributed by atoms with E-state index >= 15 is 0 Å². The van der Waals surface area contributed by atoms with Gasteiger partial charge in [0.2, 0.25) is 5.91 Å². The molecule has 0 bridgehead atoms. The van der Waals surface area contributed by atoms with Gasteiger partial charge in [0.05, 0.1) is 0 Å². The van der Waals surface area contributed by atoms with Crippen LogP contribution in [0.15, 0.2) is 0 Å². The summed E-state index contributed by atoms with van der Waals surface area (Å²) in [6.07, 6.45) is 5.97. The molecule has 0 aliphatic rings. The topological polar surface area (TPSA) is 46.3 Å². The van der Waals surface area contributed by atoms with Crippen molar-refractivity contribution in [3.05, 3.63) is 0 Å². The highest BCUT2D eigenvalue weighted by molar-refractivity contribution is 5.77. The molecule has 0 aromatic rings. The van der Waals surface area contributed by atoms with Crippen molar-refractivity contribution in [2.75, 3.05) is 6.54 Å². The average molecular weight is 242 g/mol. The summed E-state index contributed by atoms with van der Waals surface area (Å²) in [5.41, 5.74) is 5.93. The van der Waals surface area contributed by atoms with E-state index in [-0.39, 0.29) is 18.0 Å². The molecular weight excluding hydrogens is 212 g/mol. The van der Waals surface area contributed by atoms with Crippen LogP contribution in [0.5, 0.6) is 0 Å². The van der Waals surface area contributed by atoms with Gasteiger partial charge in [-0.05, 0) is 26.7 Å². The monoisotopic (exact) mass is 242 g/mol. The molecule has 0 spiro atoms. The molecule has 0 fully saturated rings. The molecule has 0 aromatic heterocycles. The number of amides is 1. The summed E-state index contributed by atoms with van der Waals surface area (Å²) in [5, 5.41) is 0. The Morgan fingerprint density at radius 1 is 1.18 bits per heavy atom. The maximum Gasteiger partial charge on any atom is 0.224 e. The van der Waals surface area contributed by atoms with Crippen molar-refractivity contribution in [3.8, 4) is 0 Å². The number of unbranched alkanes of at least 4 members (excludes halogenated alkanes) is 2. The van der Waals surface area contributed by atoms with Gasteiger partial charge in [0.15, 0.2) is 0 Å². The van der Waals surface area contributed by atoms with Crippen LogP contribution in [0.25, 0.3) is 0 Å². The fourth-order valence-electron chi connectivity index (χ4n) is 2.02. The highest BCUT2D eigenvalue weighted by Gasteiger charge is 2.18. The van der Waals surface area contributed by atoms with Crippen LogP contribution in [0.1, 0.15) is 66.2 Å². The summed E-state index contributed by atoms with van der Waals surface area (Å²) in [7, 11) is 0. The van der Waals surface area contributed by atoms with Crippen LogP contribution in [0.4, 0.5) is 0 Å². The van der Waals surface area contributed by atoms with Crippen molar-refractivity contribution >= 4 is 5.91 Å². The van der Waals surface area contributed by atoms with Gasteiger partial charge in [0.1, 0.15) is 0 Å². The number of nitrogens with zero attached hydrogens (tertiary/aromatic N) is 1. The van der Waals surface area contributed by atoms with Crippen LogP contribution in [0.3, 0.4) is 0 Å². The predicted molar refractivity (Wildman–Crippen MR) is 73.9 cm³/mol. The summed E-state index contributed by atoms with van der Waals surface area (Å²) in [4.78, 5) is 14.1. The van der Waals surface area contributed by atoms with Crippen LogP contribution in [-0.2, 0) is 4.79 Å². The molecule has 0 aliphatic heterocycles. The molecule has 0 rings (SSSR count). The first-order chi connectivity index (χ1) is 8.02. The molecule has 102 valence electrons. The largest absolute Gasteiger partial charge is 0.340 e. The molecule has 3 nitrogen and oxygen atoms in total. The number of carbonyl (C=O) groups excluding carboxylic acids is 1. The molecular formula is C14H30N2O. The second kappa shape index (κ2) is 9.46. The molecule has 0 aromatic carbocycles. The fraction of sp³-hybridized carbons (Fsp3) is 0.929. The number of carbonyl (C=O) groups is 1. The second-order valence-corrected chi connectivity index (χ2v) is 5.14. The summed E-state index contributed by atoms with van der Waals surface area (Å²) in [5.74, 6) is 0.219. The molecule has 1 atom stereocenters. The summed E-state index contributed by atoms with van der Waals surface area (Å²) >= 11 is 0. The molecule has 1 unspecified atom stereocenters. The lowest BCUT2D eigenvalue weighted by Gasteiger charge is -2.28. The average Bonchev–Trinajstić information content (AvgIpc) is 2.23. The lowest BCUT2D eigenvalue weighted by molar-refractivity contribution is -0.133. The van der Waals surface area contributed by atoms with E-state index in [2.05, 4.69) is 27.7 Å². The molecule has 0 radical (unpaired) electrons. The van der Waals surface area contributed by atoms with E-state index in [4.69, 9.17) is 5.73 Å². The molecule has 17 heavy (non-hydrogen) atoms. The van der Waals surface area contributed by atoms with E-state index in [1.54, 1.807) is 0 Å². The Bertz CT molecular complexity index is 204. The van der Waals surface area contributed by atoms with E-state index in [0.717, 1.165) is 25.8 Å². The van der Waals surface area contributed by atoms with Crippen LogP contribution < -0.4 is 5.73 Å². The Hall–Kier alpha value is -0.570. The van der Waals surface area contributed by atoms with Crippen molar-refractivity contribution in [3.63, 3.8) is 0 Å². The quantitative estimate of drug-likeness (QED) is 0.632. The zero-order valence-electron chi connectivity index (χ0n) is 12.0. The minimum atomic E-state index is 0.0277. The molecule has 0 saturated heterocycles. The smallest absolute Gasteiger partial charge is 0.224 e. The van der Waals surface area contributed by atoms with E-state index in [9.17, 15) is 4.79 Å². The SMILES string of the molecule is CCCCCN(C(=O)CC(N)CCC)C(C)C. The Morgan fingerprint density at radius 2 is 1.82 bits per heavy atom. The van der Waals surface area contributed by atoms with Gasteiger partial charge < -0.3 is 10.6 Å². The van der Waals surface area contributed by atoms with Gasteiger partial charge in [-0.25, -0.2) is 0 Å². The first-order valence-corrected chi connectivity index (χ1v) is 7.07. The Balaban J connectivity index is 4.14. The van der Waals surface area contributed by atoms with Crippen molar-refractivity contribution in [1.29, 1.82) is 0 Å². The van der Waals surface area contributed by atoms with Gasteiger partial charge in [0.25, 0.3) is 0 Å². The van der Waals surface area contributed by atoms with Crippen LogP contribution in [0.2, 0.25) is 0 Å². The third-order valence-electron chi connectivity index (χ3n) is 3.04. The number of rotatable bonds is 9. The molecule has 0 heterocycles. The van der Waals surface area contributed by atoms with Gasteiger partial charge in [-0.15, -0.1) is 0 Å². The maximum atomic E-state index is 12.1. The van der Waals surface area contributed by atoms with E-state index in [1.165, 1.54) is 12.8 Å². The maximum absolute atomic E-state index is 12.1. The summed E-state index contributed by atoms with van der Waals surface area (Å²) in [6.45, 7) is 9.32. The van der Waals surface area contributed by atoms with E-state index in [1.807, 2.05) is 4.90 Å². The van der Waals surface area contributed by atoms with Crippen LogP contribution in [-0.4, -0.2) is 29.4 Å². The third kappa shape index (κ3) is 7.37. The third-order valence-corrected chi connectivity index (χ3v) is 3.04.